The Balaban J connectivity index is 0.000000209. The van der Waals surface area contributed by atoms with Gasteiger partial charge in [-0.25, -0.2) is 29.4 Å². The van der Waals surface area contributed by atoms with Crippen molar-refractivity contribution in [2.24, 2.45) is 80.8 Å². The van der Waals surface area contributed by atoms with E-state index in [-0.39, 0.29) is 96.6 Å². The monoisotopic (exact) mass is 1990 g/mol. The zero-order valence-electron chi connectivity index (χ0n) is 83.4. The lowest BCUT2D eigenvalue weighted by molar-refractivity contribution is -0.132. The number of sulfonamides is 2. The van der Waals surface area contributed by atoms with Gasteiger partial charge in [0.2, 0.25) is 29.5 Å². The van der Waals surface area contributed by atoms with Crippen LogP contribution in [0.15, 0.2) is 131 Å². The van der Waals surface area contributed by atoms with E-state index in [9.17, 15) is 50.4 Å². The van der Waals surface area contributed by atoms with Crippen molar-refractivity contribution >= 4 is 130 Å². The van der Waals surface area contributed by atoms with Crippen molar-refractivity contribution in [2.45, 2.75) is 276 Å². The van der Waals surface area contributed by atoms with Crippen LogP contribution in [0.25, 0.3) is 0 Å². The molecule has 0 aliphatic carbocycles. The highest BCUT2D eigenvalue weighted by molar-refractivity contribution is 9.09. The molecule has 13 heterocycles. The summed E-state index contributed by atoms with van der Waals surface area (Å²) in [5, 5.41) is 13.0. The van der Waals surface area contributed by atoms with E-state index < -0.39 is 31.9 Å². The fourth-order valence-corrected chi connectivity index (χ4v) is 21.8. The van der Waals surface area contributed by atoms with Crippen molar-refractivity contribution in [3.05, 3.63) is 149 Å². The molecule has 4 aromatic heterocycles. The molecule has 7 saturated heterocycles. The molecule has 0 saturated carbocycles. The molecule has 0 spiro atoms. The number of alkyl halides is 1. The average Bonchev–Trinajstić information content (AvgIpc) is 1.61. The number of halogens is 3. The van der Waals surface area contributed by atoms with Gasteiger partial charge in [-0.2, -0.15) is 16.8 Å². The first kappa shape index (κ1) is 111. The zero-order chi connectivity index (χ0) is 97.9. The maximum atomic E-state index is 13.6. The van der Waals surface area contributed by atoms with Gasteiger partial charge in [-0.05, 0) is 234 Å². The van der Waals surface area contributed by atoms with Crippen LogP contribution >= 0.6 is 39.9 Å². The van der Waals surface area contributed by atoms with Crippen LogP contribution in [0.2, 0.25) is 5.15 Å². The van der Waals surface area contributed by atoms with Gasteiger partial charge in [0.05, 0.1) is 11.1 Å². The number of likely N-dealkylation sites (tertiary alicyclic amines) is 2. The number of benzene rings is 2. The number of aromatic nitrogens is 4. The van der Waals surface area contributed by atoms with Crippen molar-refractivity contribution < 1.29 is 50.4 Å². The van der Waals surface area contributed by atoms with Crippen LogP contribution in [0.3, 0.4) is 0 Å². The molecule has 8 unspecified atom stereocenters. The van der Waals surface area contributed by atoms with Crippen molar-refractivity contribution in [3.63, 3.8) is 0 Å². The van der Waals surface area contributed by atoms with Gasteiger partial charge >= 0.3 is 0 Å². The molecule has 8 bridgehead atoms. The van der Waals surface area contributed by atoms with Gasteiger partial charge in [-0.1, -0.05) is 218 Å². The Hall–Kier alpha value is -8.51. The zero-order valence-corrected chi connectivity index (χ0v) is 88.2. The first-order chi connectivity index (χ1) is 62.2. The van der Waals surface area contributed by atoms with Crippen LogP contribution in [0.4, 0.5) is 29.1 Å². The summed E-state index contributed by atoms with van der Waals surface area (Å²) >= 11 is 9.53. The normalized spacial score (nSPS) is 24.0. The van der Waals surface area contributed by atoms with E-state index in [1.165, 1.54) is 41.8 Å². The highest BCUT2D eigenvalue weighted by Gasteiger charge is 2.46. The third kappa shape index (κ3) is 33.4. The summed E-state index contributed by atoms with van der Waals surface area (Å²) in [7, 11) is -8.40. The average molecular weight is 1990 g/mol. The van der Waals surface area contributed by atoms with E-state index >= 15 is 0 Å². The molecule has 31 heteroatoms. The van der Waals surface area contributed by atoms with Gasteiger partial charge < -0.3 is 40.9 Å². The van der Waals surface area contributed by atoms with Crippen LogP contribution < -0.4 is 45.4 Å². The highest BCUT2D eigenvalue weighted by atomic mass is 79.9. The number of nitrogens with one attached hydrogen (secondary N) is 6. The number of anilines is 5. The minimum absolute atomic E-state index is 0. The maximum Gasteiger partial charge on any atom is 0.281 e. The standard InChI is InChI=1S/C31H44N6O4S.C20H24ClN5O3S.C18H27NO.C12H15NO.C11H21NO.C6H13Br.C5H9NO.ClH/c1-20-18-36(29(39)22(20)14-15-30(2,3)4)25-13-12-23-27(34-25)37-19-21(17-31(37,5)6)9-8-16-32-24-10-7-11-26(33-24)42(40,41)35-28(23)38;1-20(2)11-13-5-4-10-22-16-6-3-7-17(24-16)30(28,29)25-19(27)14-8-9-15(21)23-18(14)26(20)12-13;1-14-12-19(13-15-8-6-5-7-9-15)17(20)16(14)10-11-18(2,3)4;1-10-7-12(14)13(8-10)9-11-5-3-2-4-6-11;1-8-7-12-10(13)9(8)5-6-11(2,3)4;1-6(2,3)4-5-7;1-4-2-5(7)6-3-4;/h7,10-13,20-22H,8-9,14-19H2,1-6H3,(H,32,33)(H,35,38);3,6-9,13H,4-5,10-12H2,1-2H3,(H,22,24)(H,25,27);5-9,14,16H,10-13H2,1-4H3;2-6,10H,7-9H2,1H3;8-9H,5-7H2,1-4H3,(H,12,13);4-5H2,1-3H3;4H,2-3H2,1H3,(H,6,7);1H/t20?,21-,22?;13-;;;;;;/m00....../s1. The number of nitrogens with zero attached hydrogens (tertiary/aromatic N) is 9. The lowest BCUT2D eigenvalue weighted by Gasteiger charge is -2.34. The molecule has 26 nitrogen and oxygen atoms in total. The molecule has 740 valence electrons. The third-order valence-corrected chi connectivity index (χ3v) is 29.3. The number of carbonyl (C=O) groups excluding carboxylic acids is 7. The summed E-state index contributed by atoms with van der Waals surface area (Å²) in [5.74, 6) is 5.29. The molecule has 0 radical (unpaired) electrons. The Morgan fingerprint density at radius 1 is 0.455 bits per heavy atom. The molecule has 9 aliphatic heterocycles. The number of fused-ring (bicyclic) bond motifs is 12. The topological polar surface area (TPSA) is 328 Å². The van der Waals surface area contributed by atoms with Crippen molar-refractivity contribution in [1.29, 1.82) is 0 Å². The molecule has 6 aromatic rings. The van der Waals surface area contributed by atoms with Gasteiger partial charge in [-0.15, -0.1) is 12.4 Å². The first-order valence-electron chi connectivity index (χ1n) is 48.0. The Morgan fingerprint density at radius 3 is 1.31 bits per heavy atom. The lowest BCUT2D eigenvalue weighted by Crippen LogP contribution is -2.41. The number of pyridine rings is 4. The van der Waals surface area contributed by atoms with Crippen LogP contribution in [0.5, 0.6) is 0 Å². The molecule has 9 aliphatic rings. The van der Waals surface area contributed by atoms with Crippen LogP contribution in [0.1, 0.15) is 274 Å². The molecule has 7 amide bonds. The largest absolute Gasteiger partial charge is 0.370 e. The smallest absolute Gasteiger partial charge is 0.281 e. The molecule has 6 N–H and O–H groups in total. The Morgan fingerprint density at radius 2 is 0.903 bits per heavy atom. The van der Waals surface area contributed by atoms with Crippen LogP contribution in [0, 0.1) is 80.8 Å². The summed E-state index contributed by atoms with van der Waals surface area (Å²) in [6, 6.07) is 36.1. The van der Waals surface area contributed by atoms with Gasteiger partial charge in [0.1, 0.15) is 34.2 Å². The molecule has 10 atom stereocenters. The second kappa shape index (κ2) is 48.2. The predicted molar refractivity (Wildman–Crippen MR) is 545 cm³/mol. The van der Waals surface area contributed by atoms with Gasteiger partial charge in [-0.3, -0.25) is 38.5 Å². The Labute approximate surface area is 820 Å². The summed E-state index contributed by atoms with van der Waals surface area (Å²) in [5.41, 5.74) is 3.51. The lowest BCUT2D eigenvalue weighted by atomic mass is 9.83. The SMILES string of the molecule is CC(C)(C)CCBr.CC1(C)C[C@@H]2CCCNc3cccc(n3)S(=O)(=O)NC(=O)c3ccc(Cl)nc3N1C2.CC1CC(=O)N(Cc2ccccc2)C1.CC1CN(Cc2ccccc2)C(=O)C1CCC(C)(C)C.CC1CN(c2ccc3c(n2)N2C[C@@H](CCCNc4cccc(n4)S(=O)(=O)NC3=O)CC2(C)C)C(=O)C1CCC(C)(C)C.CC1CNC(=O)C1.CC1CNC(=O)C1CCC(C)(C)C.Cl. The van der Waals surface area contributed by atoms with Crippen LogP contribution in [-0.2, 0) is 57.1 Å². The molecule has 7 fully saturated rings. The van der Waals surface area contributed by atoms with E-state index in [2.05, 4.69) is 241 Å². The second-order valence-electron chi connectivity index (χ2n) is 44.4. The number of amides is 7. The fourth-order valence-electron chi connectivity index (χ4n) is 18.6. The van der Waals surface area contributed by atoms with Crippen molar-refractivity contribution in [2.75, 3.05) is 89.6 Å². The number of hydrogen-bond acceptors (Lipinski definition) is 19. The predicted octanol–water partition coefficient (Wildman–Crippen LogP) is 19.6. The third-order valence-electron chi connectivity index (χ3n) is 26.2. The summed E-state index contributed by atoms with van der Waals surface area (Å²) in [4.78, 5) is 114. The molecule has 2 aromatic carbocycles. The highest BCUT2D eigenvalue weighted by Crippen LogP contribution is 2.44. The van der Waals surface area contributed by atoms with Gasteiger partial charge in [0.15, 0.2) is 10.1 Å². The summed E-state index contributed by atoms with van der Waals surface area (Å²) in [6.07, 6.45) is 14.4. The fraction of sp³-hybridized carbons (Fsp3) is 0.621. The minimum atomic E-state index is -4.24. The van der Waals surface area contributed by atoms with Gasteiger partial charge in [0.25, 0.3) is 31.9 Å². The number of carbonyl (C=O) groups is 7. The van der Waals surface area contributed by atoms with Gasteiger partial charge in [0, 0.05) is 119 Å². The van der Waals surface area contributed by atoms with E-state index in [1.54, 1.807) is 41.3 Å². The number of rotatable bonds is 12. The van der Waals surface area contributed by atoms with Crippen molar-refractivity contribution in [3.8, 4) is 0 Å². The minimum Gasteiger partial charge on any atom is -0.370 e. The maximum absolute atomic E-state index is 13.6. The van der Waals surface area contributed by atoms with Crippen LogP contribution in [-0.4, -0.2) is 163 Å². The van der Waals surface area contributed by atoms with E-state index in [1.807, 2.05) is 46.2 Å². The van der Waals surface area contributed by atoms with E-state index in [0.29, 0.717) is 125 Å². The summed E-state index contributed by atoms with van der Waals surface area (Å²) in [6.45, 7) is 54.2. The Kier molecular flexibility index (Phi) is 39.8. The number of hydrogen-bond donors (Lipinski definition) is 6. The first-order valence-corrected chi connectivity index (χ1v) is 52.5. The Bertz CT molecular complexity index is 5160. The van der Waals surface area contributed by atoms with Crippen molar-refractivity contribution in [1.82, 2.24) is 49.8 Å². The summed E-state index contributed by atoms with van der Waals surface area (Å²) < 4.78 is 56.4. The molecular formula is C103H154BrCl2N15O11S2. The molecule has 15 rings (SSSR count). The molecule has 134 heavy (non-hydrogen) atoms. The van der Waals surface area contributed by atoms with E-state index in [4.69, 9.17) is 16.6 Å². The second-order valence-corrected chi connectivity index (χ2v) is 48.8. The van der Waals surface area contributed by atoms with E-state index in [0.717, 1.165) is 135 Å². The quantitative estimate of drug-likeness (QED) is 0.0490. The molecular weight excluding hydrogens is 1840 g/mol.